The summed E-state index contributed by atoms with van der Waals surface area (Å²) in [4.78, 5) is 24.3. The number of ether oxygens (including phenoxy) is 1. The molecule has 0 saturated heterocycles. The first-order valence-electron chi connectivity index (χ1n) is 11.5. The SMILES string of the molecule is COc1ccccc1CNC(=O)C1CCc2c(sc3ncnc(Nc4ccc5[nH]ncc5c4)c23)C1. The number of para-hydroxylation sites is 1. The van der Waals surface area contributed by atoms with Gasteiger partial charge in [0.2, 0.25) is 5.91 Å². The predicted molar refractivity (Wildman–Crippen MR) is 137 cm³/mol. The third-order valence-corrected chi connectivity index (χ3v) is 7.73. The fraction of sp³-hybridized carbons (Fsp3) is 0.231. The molecule has 176 valence electrons. The van der Waals surface area contributed by atoms with Crippen molar-refractivity contribution in [1.29, 1.82) is 0 Å². The van der Waals surface area contributed by atoms with Crippen LogP contribution in [0.1, 0.15) is 22.4 Å². The molecule has 9 heteroatoms. The molecule has 35 heavy (non-hydrogen) atoms. The molecule has 5 aromatic rings. The van der Waals surface area contributed by atoms with E-state index in [1.54, 1.807) is 24.8 Å². The van der Waals surface area contributed by atoms with Crippen LogP contribution < -0.4 is 15.4 Å². The van der Waals surface area contributed by atoms with E-state index < -0.39 is 0 Å². The number of thiophene rings is 1. The zero-order chi connectivity index (χ0) is 23.8. The lowest BCUT2D eigenvalue weighted by Crippen LogP contribution is -2.33. The normalized spacial score (nSPS) is 15.2. The summed E-state index contributed by atoms with van der Waals surface area (Å²) < 4.78 is 5.40. The van der Waals surface area contributed by atoms with E-state index in [1.807, 2.05) is 48.7 Å². The van der Waals surface area contributed by atoms with E-state index in [1.165, 1.54) is 10.4 Å². The molecule has 0 radical (unpaired) electrons. The summed E-state index contributed by atoms with van der Waals surface area (Å²) in [6, 6.07) is 13.8. The lowest BCUT2D eigenvalue weighted by molar-refractivity contribution is -0.125. The van der Waals surface area contributed by atoms with Gasteiger partial charge in [0.05, 0.1) is 24.2 Å². The molecular weight excluding hydrogens is 460 g/mol. The molecule has 1 atom stereocenters. The molecule has 1 aliphatic rings. The fourth-order valence-electron chi connectivity index (χ4n) is 4.76. The molecule has 0 aliphatic heterocycles. The second-order valence-corrected chi connectivity index (χ2v) is 9.76. The van der Waals surface area contributed by atoms with Crippen molar-refractivity contribution in [2.75, 3.05) is 12.4 Å². The number of methoxy groups -OCH3 is 1. The average Bonchev–Trinajstić information content (AvgIpc) is 3.51. The highest BCUT2D eigenvalue weighted by Gasteiger charge is 2.29. The van der Waals surface area contributed by atoms with E-state index in [9.17, 15) is 4.79 Å². The van der Waals surface area contributed by atoms with Crippen LogP contribution in [0.4, 0.5) is 11.5 Å². The van der Waals surface area contributed by atoms with E-state index >= 15 is 0 Å². The van der Waals surface area contributed by atoms with Gasteiger partial charge in [-0.15, -0.1) is 11.3 Å². The summed E-state index contributed by atoms with van der Waals surface area (Å²) in [7, 11) is 1.65. The Morgan fingerprint density at radius 3 is 3.06 bits per heavy atom. The Balaban J connectivity index is 1.21. The molecule has 1 unspecified atom stereocenters. The van der Waals surface area contributed by atoms with E-state index in [0.29, 0.717) is 13.0 Å². The number of nitrogens with zero attached hydrogens (tertiary/aromatic N) is 3. The first kappa shape index (κ1) is 21.5. The minimum absolute atomic E-state index is 0.0573. The molecule has 1 amide bonds. The maximum absolute atomic E-state index is 13.0. The van der Waals surface area contributed by atoms with Crippen molar-refractivity contribution in [1.82, 2.24) is 25.5 Å². The number of benzene rings is 2. The summed E-state index contributed by atoms with van der Waals surface area (Å²) in [6.45, 7) is 0.458. The summed E-state index contributed by atoms with van der Waals surface area (Å²) >= 11 is 1.66. The van der Waals surface area contributed by atoms with Crippen LogP contribution in [0.3, 0.4) is 0 Å². The third-order valence-electron chi connectivity index (χ3n) is 6.56. The predicted octanol–water partition coefficient (Wildman–Crippen LogP) is 4.74. The Bertz CT molecular complexity index is 1540. The Labute approximate surface area is 205 Å². The van der Waals surface area contributed by atoms with Gasteiger partial charge in [-0.2, -0.15) is 5.10 Å². The number of carbonyl (C=O) groups is 1. The average molecular weight is 485 g/mol. The Hall–Kier alpha value is -3.98. The fourth-order valence-corrected chi connectivity index (χ4v) is 6.03. The molecule has 8 nitrogen and oxygen atoms in total. The zero-order valence-electron chi connectivity index (χ0n) is 19.2. The van der Waals surface area contributed by atoms with Crippen LogP contribution in [0.2, 0.25) is 0 Å². The van der Waals surface area contributed by atoms with Crippen molar-refractivity contribution >= 4 is 49.9 Å². The van der Waals surface area contributed by atoms with Crippen LogP contribution in [0, 0.1) is 5.92 Å². The molecule has 0 bridgehead atoms. The number of anilines is 2. The van der Waals surface area contributed by atoms with Gasteiger partial charge in [-0.05, 0) is 49.1 Å². The maximum Gasteiger partial charge on any atom is 0.223 e. The standard InChI is InChI=1S/C26H24N6O2S/c1-34-21-5-3-2-4-16(21)12-27-25(33)15-6-8-19-22(11-15)35-26-23(19)24(28-14-29-26)31-18-7-9-20-17(10-18)13-30-32-20/h2-5,7,9-10,13-15H,6,8,11-12H2,1H3,(H,27,33)(H,30,32)(H,28,29,31). The number of rotatable bonds is 6. The number of hydrogen-bond acceptors (Lipinski definition) is 7. The summed E-state index contributed by atoms with van der Waals surface area (Å²) in [5.41, 5.74) is 4.17. The molecule has 3 N–H and O–H groups in total. The lowest BCUT2D eigenvalue weighted by Gasteiger charge is -2.22. The van der Waals surface area contributed by atoms with Gasteiger partial charge < -0.3 is 15.4 Å². The highest BCUT2D eigenvalue weighted by molar-refractivity contribution is 7.19. The van der Waals surface area contributed by atoms with Crippen LogP contribution in [-0.4, -0.2) is 33.2 Å². The summed E-state index contributed by atoms with van der Waals surface area (Å²) in [6.07, 6.45) is 5.74. The first-order chi connectivity index (χ1) is 17.2. The molecule has 3 heterocycles. The largest absolute Gasteiger partial charge is 0.496 e. The number of H-pyrrole nitrogens is 1. The van der Waals surface area contributed by atoms with Crippen LogP contribution >= 0.6 is 11.3 Å². The van der Waals surface area contributed by atoms with Gasteiger partial charge in [0.25, 0.3) is 0 Å². The minimum Gasteiger partial charge on any atom is -0.496 e. The second kappa shape index (κ2) is 8.99. The van der Waals surface area contributed by atoms with Crippen LogP contribution in [0.25, 0.3) is 21.1 Å². The monoisotopic (exact) mass is 484 g/mol. The van der Waals surface area contributed by atoms with Crippen molar-refractivity contribution in [2.45, 2.75) is 25.8 Å². The number of aromatic amines is 1. The van der Waals surface area contributed by atoms with Crippen molar-refractivity contribution in [3.05, 3.63) is 71.0 Å². The van der Waals surface area contributed by atoms with Crippen molar-refractivity contribution in [3.8, 4) is 5.75 Å². The second-order valence-electron chi connectivity index (χ2n) is 8.67. The molecule has 3 aromatic heterocycles. The topological polar surface area (TPSA) is 105 Å². The van der Waals surface area contributed by atoms with Gasteiger partial charge in [-0.25, -0.2) is 9.97 Å². The highest BCUT2D eigenvalue weighted by Crippen LogP contribution is 2.40. The van der Waals surface area contributed by atoms with Crippen molar-refractivity contribution in [2.24, 2.45) is 5.92 Å². The maximum atomic E-state index is 13.0. The lowest BCUT2D eigenvalue weighted by atomic mass is 9.87. The van der Waals surface area contributed by atoms with E-state index in [2.05, 4.69) is 30.8 Å². The van der Waals surface area contributed by atoms with Gasteiger partial charge in [-0.3, -0.25) is 9.89 Å². The molecule has 0 fully saturated rings. The Morgan fingerprint density at radius 2 is 2.14 bits per heavy atom. The molecule has 0 spiro atoms. The van der Waals surface area contributed by atoms with Crippen LogP contribution in [-0.2, 0) is 24.2 Å². The highest BCUT2D eigenvalue weighted by atomic mass is 32.1. The molecule has 0 saturated carbocycles. The third kappa shape index (κ3) is 4.08. The minimum atomic E-state index is -0.0573. The van der Waals surface area contributed by atoms with E-state index in [0.717, 1.165) is 56.8 Å². The number of fused-ring (bicyclic) bond motifs is 4. The van der Waals surface area contributed by atoms with Crippen molar-refractivity contribution < 1.29 is 9.53 Å². The molecular formula is C26H24N6O2S. The Kier molecular flexibility index (Phi) is 5.54. The van der Waals surface area contributed by atoms with Crippen LogP contribution in [0.5, 0.6) is 5.75 Å². The van der Waals surface area contributed by atoms with E-state index in [4.69, 9.17) is 4.74 Å². The van der Waals surface area contributed by atoms with Crippen LogP contribution in [0.15, 0.2) is 55.0 Å². The van der Waals surface area contributed by atoms with Crippen molar-refractivity contribution in [3.63, 3.8) is 0 Å². The smallest absolute Gasteiger partial charge is 0.223 e. The number of aryl methyl sites for hydroxylation is 1. The molecule has 1 aliphatic carbocycles. The molecule has 2 aromatic carbocycles. The number of amides is 1. The summed E-state index contributed by atoms with van der Waals surface area (Å²) in [5, 5.41) is 15.7. The first-order valence-corrected chi connectivity index (χ1v) is 12.4. The number of hydrogen-bond donors (Lipinski definition) is 3. The van der Waals surface area contributed by atoms with Gasteiger partial charge in [0.15, 0.2) is 0 Å². The molecule has 6 rings (SSSR count). The van der Waals surface area contributed by atoms with E-state index in [-0.39, 0.29) is 11.8 Å². The van der Waals surface area contributed by atoms with Gasteiger partial charge in [-0.1, -0.05) is 18.2 Å². The van der Waals surface area contributed by atoms with Gasteiger partial charge in [0.1, 0.15) is 22.7 Å². The summed E-state index contributed by atoms with van der Waals surface area (Å²) in [5.74, 6) is 1.61. The number of carbonyl (C=O) groups excluding carboxylic acids is 1. The number of nitrogens with one attached hydrogen (secondary N) is 3. The zero-order valence-corrected chi connectivity index (χ0v) is 20.0. The van der Waals surface area contributed by atoms with Gasteiger partial charge >= 0.3 is 0 Å². The quantitative estimate of drug-likeness (QED) is 0.322. The number of aromatic nitrogens is 4. The Morgan fingerprint density at radius 1 is 1.23 bits per heavy atom. The van der Waals surface area contributed by atoms with Gasteiger partial charge in [0, 0.05) is 34.0 Å².